The molecule has 1 saturated carbocycles. The number of alkyl halides is 2. The van der Waals surface area contributed by atoms with E-state index in [1.807, 2.05) is 6.92 Å². The summed E-state index contributed by atoms with van der Waals surface area (Å²) in [5, 5.41) is 6.42. The Balaban J connectivity index is 2.03. The Bertz CT molecular complexity index is 549. The lowest BCUT2D eigenvalue weighted by Crippen LogP contribution is -2.37. The summed E-state index contributed by atoms with van der Waals surface area (Å²) >= 11 is 0. The van der Waals surface area contributed by atoms with E-state index in [1.165, 1.54) is 26.0 Å². The first-order valence-corrected chi connectivity index (χ1v) is 8.26. The highest BCUT2D eigenvalue weighted by Gasteiger charge is 2.20. The predicted molar refractivity (Wildman–Crippen MR) is 89.8 cm³/mol. The van der Waals surface area contributed by atoms with Crippen LogP contribution in [0.2, 0.25) is 0 Å². The molecule has 0 aliphatic heterocycles. The van der Waals surface area contributed by atoms with Gasteiger partial charge in [-0.25, -0.2) is 4.99 Å². The van der Waals surface area contributed by atoms with Gasteiger partial charge >= 0.3 is 6.61 Å². The number of hydrogen-bond acceptors (Lipinski definition) is 3. The van der Waals surface area contributed by atoms with E-state index in [4.69, 9.17) is 4.74 Å². The topological polar surface area (TPSA) is 54.9 Å². The molecule has 0 atom stereocenters. The molecule has 7 heteroatoms. The molecule has 5 nitrogen and oxygen atoms in total. The molecule has 0 saturated heterocycles. The second-order valence-electron chi connectivity index (χ2n) is 5.71. The third-order valence-corrected chi connectivity index (χ3v) is 3.78. The van der Waals surface area contributed by atoms with E-state index in [0.29, 0.717) is 17.3 Å². The standard InChI is InChI=1S/C17H25F2N3O2/c1-3-20-17(21-9-8-12-4-5-12)22-11-13-10-14(23-2)6-7-15(13)24-16(18)19/h6-7,10,12,16H,3-5,8-9,11H2,1-2H3,(H2,20,21,22). The highest BCUT2D eigenvalue weighted by molar-refractivity contribution is 5.79. The van der Waals surface area contributed by atoms with Crippen molar-refractivity contribution >= 4 is 5.96 Å². The smallest absolute Gasteiger partial charge is 0.387 e. The fraction of sp³-hybridized carbons (Fsp3) is 0.588. The number of benzene rings is 1. The van der Waals surface area contributed by atoms with Crippen molar-refractivity contribution in [1.29, 1.82) is 0 Å². The Morgan fingerprint density at radius 1 is 1.33 bits per heavy atom. The molecule has 1 fully saturated rings. The number of methoxy groups -OCH3 is 1. The first kappa shape index (κ1) is 18.3. The van der Waals surface area contributed by atoms with Gasteiger partial charge in [0, 0.05) is 18.7 Å². The third kappa shape index (κ3) is 6.22. The van der Waals surface area contributed by atoms with Crippen LogP contribution in [-0.2, 0) is 6.54 Å². The van der Waals surface area contributed by atoms with E-state index in [-0.39, 0.29) is 12.3 Å². The van der Waals surface area contributed by atoms with E-state index in [1.54, 1.807) is 12.1 Å². The molecule has 1 aliphatic rings. The second-order valence-corrected chi connectivity index (χ2v) is 5.71. The van der Waals surface area contributed by atoms with Crippen molar-refractivity contribution in [1.82, 2.24) is 10.6 Å². The molecule has 0 heterocycles. The highest BCUT2D eigenvalue weighted by atomic mass is 19.3. The Morgan fingerprint density at radius 2 is 2.12 bits per heavy atom. The summed E-state index contributed by atoms with van der Waals surface area (Å²) in [6.45, 7) is 0.918. The van der Waals surface area contributed by atoms with E-state index in [2.05, 4.69) is 20.4 Å². The maximum Gasteiger partial charge on any atom is 0.387 e. The number of halogens is 2. The zero-order valence-corrected chi connectivity index (χ0v) is 14.1. The van der Waals surface area contributed by atoms with E-state index >= 15 is 0 Å². The van der Waals surface area contributed by atoms with Crippen LogP contribution in [0.5, 0.6) is 11.5 Å². The minimum absolute atomic E-state index is 0.114. The van der Waals surface area contributed by atoms with Crippen LogP contribution in [0.15, 0.2) is 23.2 Å². The Morgan fingerprint density at radius 3 is 2.75 bits per heavy atom. The molecule has 24 heavy (non-hydrogen) atoms. The van der Waals surface area contributed by atoms with Crippen molar-refractivity contribution < 1.29 is 18.3 Å². The van der Waals surface area contributed by atoms with Crippen LogP contribution in [0, 0.1) is 5.92 Å². The van der Waals surface area contributed by atoms with Gasteiger partial charge in [-0.3, -0.25) is 0 Å². The fourth-order valence-electron chi connectivity index (χ4n) is 2.32. The molecule has 1 aliphatic carbocycles. The Kier molecular flexibility index (Phi) is 7.08. The zero-order chi connectivity index (χ0) is 17.4. The minimum Gasteiger partial charge on any atom is -0.497 e. The average molecular weight is 341 g/mol. The number of hydrogen-bond donors (Lipinski definition) is 2. The third-order valence-electron chi connectivity index (χ3n) is 3.78. The predicted octanol–water partition coefficient (Wildman–Crippen LogP) is 3.15. The molecule has 0 aromatic heterocycles. The fourth-order valence-corrected chi connectivity index (χ4v) is 2.32. The summed E-state index contributed by atoms with van der Waals surface area (Å²) in [4.78, 5) is 4.46. The summed E-state index contributed by atoms with van der Waals surface area (Å²) in [7, 11) is 1.53. The number of rotatable bonds is 9. The van der Waals surface area contributed by atoms with Gasteiger partial charge in [0.1, 0.15) is 11.5 Å². The van der Waals surface area contributed by atoms with Crippen LogP contribution >= 0.6 is 0 Å². The van der Waals surface area contributed by atoms with Gasteiger partial charge in [0.15, 0.2) is 5.96 Å². The molecule has 2 N–H and O–H groups in total. The number of ether oxygens (including phenoxy) is 2. The molecular weight excluding hydrogens is 316 g/mol. The maximum absolute atomic E-state index is 12.5. The number of aliphatic imine (C=N–C) groups is 1. The Labute approximate surface area is 141 Å². The molecule has 0 unspecified atom stereocenters. The van der Waals surface area contributed by atoms with E-state index in [9.17, 15) is 8.78 Å². The van der Waals surface area contributed by atoms with Gasteiger partial charge in [0.25, 0.3) is 0 Å². The molecule has 0 spiro atoms. The first-order chi connectivity index (χ1) is 11.6. The largest absolute Gasteiger partial charge is 0.497 e. The molecule has 134 valence electrons. The van der Waals surface area contributed by atoms with Crippen LogP contribution in [-0.4, -0.2) is 32.8 Å². The quantitative estimate of drug-likeness (QED) is 0.535. The van der Waals surface area contributed by atoms with Crippen molar-refractivity contribution in [3.63, 3.8) is 0 Å². The molecule has 0 amide bonds. The summed E-state index contributed by atoms with van der Waals surface area (Å²) < 4.78 is 34.8. The van der Waals surface area contributed by atoms with E-state index in [0.717, 1.165) is 25.4 Å². The molecule has 1 aromatic rings. The Hall–Kier alpha value is -2.05. The SMILES string of the molecule is CCNC(=NCc1cc(OC)ccc1OC(F)F)NCCC1CC1. The van der Waals surface area contributed by atoms with Crippen molar-refractivity contribution in [2.45, 2.75) is 39.3 Å². The zero-order valence-electron chi connectivity index (χ0n) is 14.1. The van der Waals surface area contributed by atoms with Crippen molar-refractivity contribution in [3.8, 4) is 11.5 Å². The lowest BCUT2D eigenvalue weighted by molar-refractivity contribution is -0.0504. The minimum atomic E-state index is -2.87. The van der Waals surface area contributed by atoms with Gasteiger partial charge in [-0.1, -0.05) is 12.8 Å². The van der Waals surface area contributed by atoms with Crippen molar-refractivity contribution in [2.24, 2.45) is 10.9 Å². The summed E-state index contributed by atoms with van der Waals surface area (Å²) in [5.74, 6) is 2.20. The van der Waals surface area contributed by atoms with Crippen molar-refractivity contribution in [3.05, 3.63) is 23.8 Å². The van der Waals surface area contributed by atoms with Crippen LogP contribution < -0.4 is 20.1 Å². The van der Waals surface area contributed by atoms with Crippen LogP contribution in [0.4, 0.5) is 8.78 Å². The van der Waals surface area contributed by atoms with Gasteiger partial charge < -0.3 is 20.1 Å². The molecule has 0 bridgehead atoms. The van der Waals surface area contributed by atoms with Gasteiger partial charge in [-0.05, 0) is 37.5 Å². The number of nitrogens with one attached hydrogen (secondary N) is 2. The molecule has 2 rings (SSSR count). The monoisotopic (exact) mass is 341 g/mol. The summed E-state index contributed by atoms with van der Waals surface area (Å²) in [5.41, 5.74) is 0.550. The lowest BCUT2D eigenvalue weighted by Gasteiger charge is -2.13. The first-order valence-electron chi connectivity index (χ1n) is 8.26. The second kappa shape index (κ2) is 9.30. The molecule has 0 radical (unpaired) electrons. The molecule has 1 aromatic carbocycles. The van der Waals surface area contributed by atoms with Crippen LogP contribution in [0.3, 0.4) is 0 Å². The van der Waals surface area contributed by atoms with Crippen LogP contribution in [0.1, 0.15) is 31.7 Å². The lowest BCUT2D eigenvalue weighted by atomic mass is 10.2. The number of guanidine groups is 1. The number of nitrogens with zero attached hydrogens (tertiary/aromatic N) is 1. The van der Waals surface area contributed by atoms with E-state index < -0.39 is 6.61 Å². The molecular formula is C17H25F2N3O2. The average Bonchev–Trinajstić information content (AvgIpc) is 3.37. The maximum atomic E-state index is 12.5. The van der Waals surface area contributed by atoms with Gasteiger partial charge in [-0.2, -0.15) is 8.78 Å². The van der Waals surface area contributed by atoms with Crippen LogP contribution in [0.25, 0.3) is 0 Å². The van der Waals surface area contributed by atoms with Gasteiger partial charge in [-0.15, -0.1) is 0 Å². The van der Waals surface area contributed by atoms with Gasteiger partial charge in [0.2, 0.25) is 0 Å². The summed E-state index contributed by atoms with van der Waals surface area (Å²) in [6.07, 6.45) is 3.75. The normalized spacial score (nSPS) is 14.6. The summed E-state index contributed by atoms with van der Waals surface area (Å²) in [6, 6.07) is 4.72. The van der Waals surface area contributed by atoms with Gasteiger partial charge in [0.05, 0.1) is 13.7 Å². The highest BCUT2D eigenvalue weighted by Crippen LogP contribution is 2.31. The van der Waals surface area contributed by atoms with Crippen molar-refractivity contribution in [2.75, 3.05) is 20.2 Å².